The first-order valence-corrected chi connectivity index (χ1v) is 9.24. The van der Waals surface area contributed by atoms with Gasteiger partial charge in [-0.2, -0.15) is 0 Å². The summed E-state index contributed by atoms with van der Waals surface area (Å²) in [6.45, 7) is 9.14. The lowest BCUT2D eigenvalue weighted by molar-refractivity contribution is -0.107. The quantitative estimate of drug-likeness (QED) is 0.658. The van der Waals surface area contributed by atoms with Crippen LogP contribution in [0.3, 0.4) is 0 Å². The standard InChI is InChI=1S/C20H31N3O2/c1-6-21-19(22-17-16-11-12-25-18(16)20(17,2)3)23(4)13-14-7-9-15(24-5)10-8-14/h7-10,16-18H,6,11-13H2,1-5H3,(H,21,22). The van der Waals surface area contributed by atoms with Gasteiger partial charge in [-0.25, -0.2) is 0 Å². The molecule has 5 heteroatoms. The van der Waals surface area contributed by atoms with E-state index in [2.05, 4.69) is 50.2 Å². The summed E-state index contributed by atoms with van der Waals surface area (Å²) < 4.78 is 11.1. The summed E-state index contributed by atoms with van der Waals surface area (Å²) in [4.78, 5) is 6.92. The van der Waals surface area contributed by atoms with Crippen LogP contribution in [0.1, 0.15) is 32.8 Å². The Bertz CT molecular complexity index is 612. The number of fused-ring (bicyclic) bond motifs is 1. The SMILES string of the molecule is CCN=C(NC1C2CCOC2C1(C)C)N(C)Cc1ccc(OC)cc1. The molecule has 5 nitrogen and oxygen atoms in total. The molecule has 1 aliphatic heterocycles. The highest BCUT2D eigenvalue weighted by Gasteiger charge is 2.59. The maximum Gasteiger partial charge on any atom is 0.194 e. The number of nitrogens with zero attached hydrogens (tertiary/aromatic N) is 2. The molecule has 1 saturated carbocycles. The predicted molar refractivity (Wildman–Crippen MR) is 101 cm³/mol. The van der Waals surface area contributed by atoms with Crippen molar-refractivity contribution < 1.29 is 9.47 Å². The number of hydrogen-bond donors (Lipinski definition) is 1. The molecule has 25 heavy (non-hydrogen) atoms. The molecule has 3 rings (SSSR count). The van der Waals surface area contributed by atoms with Gasteiger partial charge in [-0.05, 0) is 31.0 Å². The van der Waals surface area contributed by atoms with Gasteiger partial charge in [0.25, 0.3) is 0 Å². The van der Waals surface area contributed by atoms with Crippen LogP contribution >= 0.6 is 0 Å². The molecule has 0 amide bonds. The highest BCUT2D eigenvalue weighted by atomic mass is 16.5. The topological polar surface area (TPSA) is 46.1 Å². The summed E-state index contributed by atoms with van der Waals surface area (Å²) in [6, 6.07) is 8.63. The number of hydrogen-bond acceptors (Lipinski definition) is 3. The zero-order valence-electron chi connectivity index (χ0n) is 16.1. The number of nitrogens with one attached hydrogen (secondary N) is 1. The predicted octanol–water partition coefficient (Wildman–Crippen LogP) is 2.91. The second-order valence-corrected chi connectivity index (χ2v) is 7.69. The fourth-order valence-electron chi connectivity index (χ4n) is 4.26. The fraction of sp³-hybridized carbons (Fsp3) is 0.650. The van der Waals surface area contributed by atoms with Crippen LogP contribution in [0.2, 0.25) is 0 Å². The van der Waals surface area contributed by atoms with E-state index >= 15 is 0 Å². The Kier molecular flexibility index (Phi) is 5.23. The first-order valence-electron chi connectivity index (χ1n) is 9.24. The third-order valence-electron chi connectivity index (χ3n) is 5.63. The van der Waals surface area contributed by atoms with Crippen molar-refractivity contribution in [1.29, 1.82) is 0 Å². The van der Waals surface area contributed by atoms with E-state index in [0.29, 0.717) is 18.1 Å². The van der Waals surface area contributed by atoms with E-state index in [0.717, 1.165) is 37.8 Å². The molecule has 1 aromatic carbocycles. The van der Waals surface area contributed by atoms with Gasteiger partial charge in [-0.1, -0.05) is 26.0 Å². The smallest absolute Gasteiger partial charge is 0.194 e. The minimum atomic E-state index is 0.149. The molecule has 3 atom stereocenters. The molecule has 1 aliphatic carbocycles. The number of methoxy groups -OCH3 is 1. The summed E-state index contributed by atoms with van der Waals surface area (Å²) in [5.74, 6) is 2.46. The van der Waals surface area contributed by atoms with E-state index < -0.39 is 0 Å². The normalized spacial score (nSPS) is 27.4. The third-order valence-corrected chi connectivity index (χ3v) is 5.63. The van der Waals surface area contributed by atoms with Crippen LogP contribution in [0.4, 0.5) is 0 Å². The number of benzene rings is 1. The van der Waals surface area contributed by atoms with Crippen molar-refractivity contribution in [3.05, 3.63) is 29.8 Å². The highest BCUT2D eigenvalue weighted by molar-refractivity contribution is 5.80. The molecule has 1 saturated heterocycles. The second-order valence-electron chi connectivity index (χ2n) is 7.69. The highest BCUT2D eigenvalue weighted by Crippen LogP contribution is 2.52. The summed E-state index contributed by atoms with van der Waals surface area (Å²) in [5, 5.41) is 3.73. The minimum Gasteiger partial charge on any atom is -0.497 e. The van der Waals surface area contributed by atoms with Gasteiger partial charge in [0.05, 0.1) is 13.2 Å². The molecule has 1 N–H and O–H groups in total. The summed E-state index contributed by atoms with van der Waals surface area (Å²) >= 11 is 0. The number of guanidine groups is 1. The Morgan fingerprint density at radius 2 is 2.08 bits per heavy atom. The Balaban J connectivity index is 1.67. The van der Waals surface area contributed by atoms with Crippen molar-refractivity contribution in [2.24, 2.45) is 16.3 Å². The Labute approximate surface area is 151 Å². The van der Waals surface area contributed by atoms with Crippen molar-refractivity contribution >= 4 is 5.96 Å². The van der Waals surface area contributed by atoms with Crippen molar-refractivity contribution in [3.63, 3.8) is 0 Å². The van der Waals surface area contributed by atoms with Crippen molar-refractivity contribution in [2.45, 2.75) is 45.9 Å². The van der Waals surface area contributed by atoms with E-state index in [1.807, 2.05) is 12.1 Å². The zero-order valence-corrected chi connectivity index (χ0v) is 16.1. The van der Waals surface area contributed by atoms with Crippen LogP contribution in [0.25, 0.3) is 0 Å². The van der Waals surface area contributed by atoms with Gasteiger partial charge in [-0.15, -0.1) is 0 Å². The Morgan fingerprint density at radius 3 is 2.72 bits per heavy atom. The molecule has 2 fully saturated rings. The van der Waals surface area contributed by atoms with Gasteiger partial charge in [0.15, 0.2) is 5.96 Å². The molecule has 1 heterocycles. The zero-order chi connectivity index (χ0) is 18.0. The fourth-order valence-corrected chi connectivity index (χ4v) is 4.26. The Hall–Kier alpha value is -1.75. The monoisotopic (exact) mass is 345 g/mol. The molecule has 0 radical (unpaired) electrons. The largest absolute Gasteiger partial charge is 0.497 e. The summed E-state index contributed by atoms with van der Waals surface area (Å²) in [6.07, 6.45) is 1.53. The maximum absolute atomic E-state index is 5.91. The Morgan fingerprint density at radius 1 is 1.36 bits per heavy atom. The lowest BCUT2D eigenvalue weighted by Crippen LogP contribution is -2.67. The number of aliphatic imine (C=N–C) groups is 1. The van der Waals surface area contributed by atoms with E-state index in [4.69, 9.17) is 14.5 Å². The summed E-state index contributed by atoms with van der Waals surface area (Å²) in [5.41, 5.74) is 1.39. The molecular formula is C20H31N3O2. The lowest BCUT2D eigenvalue weighted by atomic mass is 9.57. The van der Waals surface area contributed by atoms with Crippen LogP contribution in [-0.2, 0) is 11.3 Å². The van der Waals surface area contributed by atoms with Gasteiger partial charge < -0.3 is 19.7 Å². The molecule has 0 spiro atoms. The molecule has 3 unspecified atom stereocenters. The number of rotatable bonds is 5. The third kappa shape index (κ3) is 3.47. The van der Waals surface area contributed by atoms with E-state index in [-0.39, 0.29) is 5.41 Å². The van der Waals surface area contributed by atoms with Crippen LogP contribution < -0.4 is 10.1 Å². The van der Waals surface area contributed by atoms with Gasteiger partial charge in [0.2, 0.25) is 0 Å². The molecule has 0 bridgehead atoms. The van der Waals surface area contributed by atoms with Crippen molar-refractivity contribution in [1.82, 2.24) is 10.2 Å². The first kappa shape index (κ1) is 18.1. The van der Waals surface area contributed by atoms with E-state index in [1.165, 1.54) is 5.56 Å². The molecule has 2 aliphatic rings. The van der Waals surface area contributed by atoms with Crippen LogP contribution in [-0.4, -0.2) is 50.3 Å². The molecule has 1 aromatic rings. The van der Waals surface area contributed by atoms with Gasteiger partial charge >= 0.3 is 0 Å². The van der Waals surface area contributed by atoms with Gasteiger partial charge in [0.1, 0.15) is 5.75 Å². The average molecular weight is 345 g/mol. The van der Waals surface area contributed by atoms with E-state index in [1.54, 1.807) is 7.11 Å². The van der Waals surface area contributed by atoms with Gasteiger partial charge in [0, 0.05) is 44.1 Å². The van der Waals surface area contributed by atoms with Crippen LogP contribution in [0, 0.1) is 11.3 Å². The molecule has 138 valence electrons. The summed E-state index contributed by atoms with van der Waals surface area (Å²) in [7, 11) is 3.79. The average Bonchev–Trinajstić information content (AvgIpc) is 3.06. The number of ether oxygens (including phenoxy) is 2. The van der Waals surface area contributed by atoms with Crippen LogP contribution in [0.5, 0.6) is 5.75 Å². The lowest BCUT2D eigenvalue weighted by Gasteiger charge is -2.55. The van der Waals surface area contributed by atoms with Crippen LogP contribution in [0.15, 0.2) is 29.3 Å². The molecule has 0 aromatic heterocycles. The van der Waals surface area contributed by atoms with Gasteiger partial charge in [-0.3, -0.25) is 4.99 Å². The second kappa shape index (κ2) is 7.24. The van der Waals surface area contributed by atoms with Crippen molar-refractivity contribution in [2.75, 3.05) is 27.3 Å². The molecular weight excluding hydrogens is 314 g/mol. The minimum absolute atomic E-state index is 0.149. The van der Waals surface area contributed by atoms with E-state index in [9.17, 15) is 0 Å². The first-order chi connectivity index (χ1) is 12.0. The van der Waals surface area contributed by atoms with Crippen molar-refractivity contribution in [3.8, 4) is 5.75 Å². The maximum atomic E-state index is 5.91.